The minimum Gasteiger partial charge on any atom is -0.759 e. The van der Waals surface area contributed by atoms with Crippen LogP contribution in [0, 0.1) is 0 Å². The number of hydrogen-bond acceptors (Lipinski definition) is 12. The van der Waals surface area contributed by atoms with Crippen LogP contribution in [0.15, 0.2) is 0 Å². The summed E-state index contributed by atoms with van der Waals surface area (Å²) in [5, 5.41) is 0. The van der Waals surface area contributed by atoms with Crippen molar-refractivity contribution in [1.82, 2.24) is 0 Å². The second-order valence-electron chi connectivity index (χ2n) is 1.47. The van der Waals surface area contributed by atoms with E-state index in [1.165, 1.54) is 0 Å². The van der Waals surface area contributed by atoms with Crippen molar-refractivity contribution in [3.05, 3.63) is 0 Å². The van der Waals surface area contributed by atoms with E-state index in [0.29, 0.717) is 0 Å². The molecule has 22 heavy (non-hydrogen) atoms. The van der Waals surface area contributed by atoms with E-state index >= 15 is 0 Å². The maximum atomic E-state index is 8.52. The van der Waals surface area contributed by atoms with Crippen LogP contribution in [0.3, 0.4) is 0 Å². The Bertz CT molecular complexity index is 404. The molecule has 0 aliphatic heterocycles. The first kappa shape index (κ1) is 44.0. The molecule has 0 radical (unpaired) electrons. The molecule has 0 aromatic carbocycles. The summed E-state index contributed by atoms with van der Waals surface area (Å²) < 4.78 is 102. The van der Waals surface area contributed by atoms with Gasteiger partial charge in [-0.2, -0.15) is 34.4 Å². The molecule has 134 valence electrons. The topological polar surface area (TPSA) is 241 Å². The van der Waals surface area contributed by atoms with Gasteiger partial charge in [0.1, 0.15) is 0 Å². The minimum atomic E-state index is -5.17. The molecule has 0 amide bonds. The zero-order chi connectivity index (χ0) is 17.1. The van der Waals surface area contributed by atoms with Crippen LogP contribution in [-0.4, -0.2) is 57.5 Å². The minimum absolute atomic E-state index is 0. The average molecular weight is 585 g/mol. The first-order chi connectivity index (χ1) is 7.73. The standard InChI is InChI=1S/BCl3.Fe.Ni.3H2O4S.Zn/c2-1(3)4;;;3*1-5(2,3)4;/h;;;3*(H2,1,2,3,4);/q;2*+2;;;;+2/p-6. The van der Waals surface area contributed by atoms with Crippen LogP contribution < -0.4 is 0 Å². The van der Waals surface area contributed by atoms with Crippen LogP contribution >= 0.6 is 34.4 Å². The fourth-order valence-electron chi connectivity index (χ4n) is 0. The molecule has 0 atom stereocenters. The summed E-state index contributed by atoms with van der Waals surface area (Å²) in [7, 11) is -15.5. The van der Waals surface area contributed by atoms with Crippen LogP contribution in [-0.2, 0) is 84.2 Å². The number of rotatable bonds is 0. The van der Waals surface area contributed by atoms with Gasteiger partial charge in [0, 0.05) is 31.2 Å². The van der Waals surface area contributed by atoms with Gasteiger partial charge in [-0.15, -0.1) is 0 Å². The SMILES string of the molecule is ClB(Cl)Cl.O=S(=O)([O-])[O-].O=S(=O)([O-])[O-].O=S(=O)([O-])[O-].[Fe+2].[Ni+2].[Zn+2]. The third-order valence-corrected chi connectivity index (χ3v) is 0. The third kappa shape index (κ3) is 2090. The molecule has 0 bridgehead atoms. The van der Waals surface area contributed by atoms with E-state index in [2.05, 4.69) is 0 Å². The van der Waals surface area contributed by atoms with Crippen molar-refractivity contribution in [2.75, 3.05) is 0 Å². The monoisotopic (exact) mass is 582 g/mol. The van der Waals surface area contributed by atoms with Crippen molar-refractivity contribution in [3.8, 4) is 0 Å². The van der Waals surface area contributed by atoms with Gasteiger partial charge >= 0.3 is 58.0 Å². The fraction of sp³-hybridized carbons (Fsp3) is 0. The third-order valence-electron chi connectivity index (χ3n) is 0. The average Bonchev–Trinajstić information content (AvgIpc) is 1.66. The molecule has 0 heterocycles. The van der Waals surface area contributed by atoms with Gasteiger partial charge in [0.15, 0.2) is 0 Å². The van der Waals surface area contributed by atoms with E-state index in [9.17, 15) is 0 Å². The summed E-state index contributed by atoms with van der Waals surface area (Å²) in [5.41, 5.74) is 0. The Hall–Kier alpha value is 2.18. The van der Waals surface area contributed by atoms with Gasteiger partial charge in [0.05, 0.1) is 0 Å². The van der Waals surface area contributed by atoms with Crippen LogP contribution in [0.2, 0.25) is 0 Å². The molecule has 22 heteroatoms. The first-order valence-corrected chi connectivity index (χ1v) is 7.96. The van der Waals surface area contributed by atoms with Crippen molar-refractivity contribution in [3.63, 3.8) is 0 Å². The molecule has 12 nitrogen and oxygen atoms in total. The van der Waals surface area contributed by atoms with E-state index in [-0.39, 0.29) is 53.0 Å². The molecule has 0 rings (SSSR count). The molecular weight excluding hydrogens is 585 g/mol. The van der Waals surface area contributed by atoms with Crippen molar-refractivity contribution in [1.29, 1.82) is 0 Å². The van der Waals surface area contributed by atoms with Gasteiger partial charge in [-0.1, -0.05) is 0 Å². The second kappa shape index (κ2) is 21.2. The van der Waals surface area contributed by atoms with Crippen molar-refractivity contribution >= 4 is 70.5 Å². The zero-order valence-electron chi connectivity index (χ0n) is 9.21. The fourth-order valence-corrected chi connectivity index (χ4v) is 0. The smallest absolute Gasteiger partial charge is 0.759 e. The van der Waals surface area contributed by atoms with Crippen molar-refractivity contribution < 1.29 is 106 Å². The summed E-state index contributed by atoms with van der Waals surface area (Å²) in [6, 6.07) is 0. The van der Waals surface area contributed by atoms with E-state index in [4.69, 9.17) is 87.0 Å². The van der Waals surface area contributed by atoms with Crippen molar-refractivity contribution in [2.45, 2.75) is 0 Å². The van der Waals surface area contributed by atoms with Gasteiger partial charge in [-0.25, -0.2) is 0 Å². The first-order valence-electron chi connectivity index (χ1n) is 2.65. The Kier molecular flexibility index (Phi) is 42.5. The Morgan fingerprint density at radius 2 is 0.591 bits per heavy atom. The van der Waals surface area contributed by atoms with E-state index < -0.39 is 36.2 Å². The quantitative estimate of drug-likeness (QED) is 0.165. The van der Waals surface area contributed by atoms with Gasteiger partial charge in [-0.05, 0) is 0 Å². The summed E-state index contributed by atoms with van der Waals surface area (Å²) in [5.74, 6) is 0. The van der Waals surface area contributed by atoms with Gasteiger partial charge < -0.3 is 27.3 Å². The van der Waals surface area contributed by atoms with E-state index in [1.54, 1.807) is 0 Å². The molecular formula is BCl3FeNiO12S3Zn. The molecule has 0 saturated heterocycles. The molecule has 0 aromatic rings. The molecule has 0 unspecified atom stereocenters. The number of hydrogen-bond donors (Lipinski definition) is 0. The van der Waals surface area contributed by atoms with Crippen LogP contribution in [0.25, 0.3) is 0 Å². The Labute approximate surface area is 174 Å². The molecule has 0 N–H and O–H groups in total. The summed E-state index contributed by atoms with van der Waals surface area (Å²) in [4.78, 5) is -0.750. The predicted molar refractivity (Wildman–Crippen MR) is 54.7 cm³/mol. The van der Waals surface area contributed by atoms with Gasteiger partial charge in [0.25, 0.3) is 0 Å². The molecule has 0 aliphatic carbocycles. The molecule has 0 fully saturated rings. The second-order valence-corrected chi connectivity index (χ2v) is 5.90. The van der Waals surface area contributed by atoms with Crippen LogP contribution in [0.1, 0.15) is 0 Å². The van der Waals surface area contributed by atoms with E-state index in [0.717, 1.165) is 0 Å². The largest absolute Gasteiger partial charge is 2.00 e. The molecule has 0 aromatic heterocycles. The van der Waals surface area contributed by atoms with Gasteiger partial charge in [0.2, 0.25) is 0 Å². The summed E-state index contributed by atoms with van der Waals surface area (Å²) >= 11 is 14.4. The maximum absolute atomic E-state index is 8.52. The summed E-state index contributed by atoms with van der Waals surface area (Å²) in [6.45, 7) is 0. The Balaban J connectivity index is -0.0000000262. The maximum Gasteiger partial charge on any atom is 2.00 e. The number of halogens is 3. The van der Waals surface area contributed by atoms with E-state index in [1.807, 2.05) is 0 Å². The van der Waals surface area contributed by atoms with Gasteiger partial charge in [-0.3, -0.25) is 25.3 Å². The molecule has 0 spiro atoms. The van der Waals surface area contributed by atoms with Crippen molar-refractivity contribution in [2.24, 2.45) is 0 Å². The molecule has 0 saturated carbocycles. The Morgan fingerprint density at radius 1 is 0.591 bits per heavy atom. The Morgan fingerprint density at radius 3 is 0.591 bits per heavy atom. The normalized spacial score (nSPS) is 9.14. The molecule has 0 aliphatic rings. The summed E-state index contributed by atoms with van der Waals surface area (Å²) in [6.07, 6.45) is 0. The van der Waals surface area contributed by atoms with Crippen LogP contribution in [0.5, 0.6) is 0 Å². The van der Waals surface area contributed by atoms with Crippen LogP contribution in [0.4, 0.5) is 0 Å². The zero-order valence-corrected chi connectivity index (χ0v) is 19.0. The predicted octanol–water partition coefficient (Wildman–Crippen LogP) is -2.33.